The van der Waals surface area contributed by atoms with Gasteiger partial charge in [-0.2, -0.15) is 5.10 Å². The largest absolute Gasteiger partial charge is 0.465 e. The highest BCUT2D eigenvalue weighted by atomic mass is 16.5. The first-order valence-electron chi connectivity index (χ1n) is 10.1. The molecular formula is C24H25N3O4. The first-order chi connectivity index (χ1) is 15.0. The molecule has 0 saturated carbocycles. The Morgan fingerprint density at radius 1 is 1.03 bits per heavy atom. The van der Waals surface area contributed by atoms with Gasteiger partial charge in [-0.1, -0.05) is 67.6 Å². The summed E-state index contributed by atoms with van der Waals surface area (Å²) >= 11 is 0. The SMILES string of the molecule is CC[C@@H](C)NC(=O)Cn1nc(-c2ccccc2)c(-c2ccccc2)c(C(=O)OC)c1=O. The lowest BCUT2D eigenvalue weighted by Crippen LogP contribution is -2.39. The van der Waals surface area contributed by atoms with Crippen molar-refractivity contribution in [3.8, 4) is 22.4 Å². The summed E-state index contributed by atoms with van der Waals surface area (Å²) in [7, 11) is 1.22. The topological polar surface area (TPSA) is 90.3 Å². The molecule has 0 saturated heterocycles. The third kappa shape index (κ3) is 4.88. The smallest absolute Gasteiger partial charge is 0.344 e. The van der Waals surface area contributed by atoms with Gasteiger partial charge in [0.2, 0.25) is 5.91 Å². The Labute approximate surface area is 180 Å². The molecule has 31 heavy (non-hydrogen) atoms. The van der Waals surface area contributed by atoms with Crippen molar-refractivity contribution in [3.63, 3.8) is 0 Å². The number of methoxy groups -OCH3 is 1. The van der Waals surface area contributed by atoms with E-state index in [1.165, 1.54) is 7.11 Å². The van der Waals surface area contributed by atoms with Gasteiger partial charge in [-0.15, -0.1) is 0 Å². The van der Waals surface area contributed by atoms with E-state index in [1.807, 2.05) is 62.4 Å². The lowest BCUT2D eigenvalue weighted by molar-refractivity contribution is -0.122. The third-order valence-corrected chi connectivity index (χ3v) is 4.97. The zero-order valence-electron chi connectivity index (χ0n) is 17.8. The Hall–Kier alpha value is -3.74. The maximum Gasteiger partial charge on any atom is 0.344 e. The molecule has 2 aromatic carbocycles. The van der Waals surface area contributed by atoms with E-state index in [-0.39, 0.29) is 24.1 Å². The van der Waals surface area contributed by atoms with E-state index in [4.69, 9.17) is 4.74 Å². The lowest BCUT2D eigenvalue weighted by atomic mass is 9.95. The minimum Gasteiger partial charge on any atom is -0.465 e. The molecule has 0 radical (unpaired) electrons. The minimum absolute atomic E-state index is 0.0412. The van der Waals surface area contributed by atoms with Gasteiger partial charge >= 0.3 is 5.97 Å². The van der Waals surface area contributed by atoms with E-state index in [0.29, 0.717) is 22.4 Å². The van der Waals surface area contributed by atoms with Gasteiger partial charge in [0, 0.05) is 17.2 Å². The molecule has 0 aliphatic heterocycles. The van der Waals surface area contributed by atoms with Crippen molar-refractivity contribution < 1.29 is 14.3 Å². The Balaban J connectivity index is 2.27. The molecule has 0 unspecified atom stereocenters. The molecule has 7 nitrogen and oxygen atoms in total. The van der Waals surface area contributed by atoms with Gasteiger partial charge in [-0.05, 0) is 18.9 Å². The third-order valence-electron chi connectivity index (χ3n) is 4.97. The standard InChI is InChI=1S/C24H25N3O4/c1-4-16(2)25-19(28)15-27-23(29)21(24(30)31-3)20(17-11-7-5-8-12-17)22(26-27)18-13-9-6-10-14-18/h5-14,16H,4,15H2,1-3H3,(H,25,28)/t16-/m1/s1. The van der Waals surface area contributed by atoms with E-state index in [0.717, 1.165) is 11.1 Å². The van der Waals surface area contributed by atoms with Gasteiger partial charge in [0.1, 0.15) is 12.1 Å². The molecule has 0 spiro atoms. The number of benzene rings is 2. The number of esters is 1. The van der Waals surface area contributed by atoms with Crippen LogP contribution in [0.4, 0.5) is 0 Å². The summed E-state index contributed by atoms with van der Waals surface area (Å²) in [4.78, 5) is 38.4. The van der Waals surface area contributed by atoms with Crippen LogP contribution in [0.3, 0.4) is 0 Å². The van der Waals surface area contributed by atoms with E-state index < -0.39 is 11.5 Å². The van der Waals surface area contributed by atoms with Crippen molar-refractivity contribution >= 4 is 11.9 Å². The van der Waals surface area contributed by atoms with Gasteiger partial charge in [0.25, 0.3) is 5.56 Å². The molecule has 3 aromatic rings. The van der Waals surface area contributed by atoms with Crippen molar-refractivity contribution in [2.75, 3.05) is 7.11 Å². The number of amides is 1. The molecule has 0 fully saturated rings. The fraction of sp³-hybridized carbons (Fsp3) is 0.250. The van der Waals surface area contributed by atoms with Gasteiger partial charge in [0.05, 0.1) is 12.8 Å². The summed E-state index contributed by atoms with van der Waals surface area (Å²) in [5.74, 6) is -1.13. The second kappa shape index (κ2) is 9.84. The number of carbonyl (C=O) groups is 2. The van der Waals surface area contributed by atoms with Crippen LogP contribution >= 0.6 is 0 Å². The molecule has 1 amide bonds. The Kier molecular flexibility index (Phi) is 6.97. The number of aromatic nitrogens is 2. The van der Waals surface area contributed by atoms with Gasteiger partial charge in [0.15, 0.2) is 0 Å². The monoisotopic (exact) mass is 419 g/mol. The Bertz CT molecular complexity index is 1120. The predicted molar refractivity (Wildman–Crippen MR) is 119 cm³/mol. The molecule has 3 rings (SSSR count). The predicted octanol–water partition coefficient (Wildman–Crippen LogP) is 3.28. The van der Waals surface area contributed by atoms with Gasteiger partial charge in [-0.3, -0.25) is 9.59 Å². The highest BCUT2D eigenvalue weighted by Crippen LogP contribution is 2.32. The lowest BCUT2D eigenvalue weighted by Gasteiger charge is -2.17. The molecule has 0 bridgehead atoms. The van der Waals surface area contributed by atoms with Crippen molar-refractivity contribution in [1.82, 2.24) is 15.1 Å². The summed E-state index contributed by atoms with van der Waals surface area (Å²) in [6, 6.07) is 18.3. The van der Waals surface area contributed by atoms with E-state index in [9.17, 15) is 14.4 Å². The van der Waals surface area contributed by atoms with Crippen LogP contribution in [0.5, 0.6) is 0 Å². The summed E-state index contributed by atoms with van der Waals surface area (Å²) in [6.07, 6.45) is 0.754. The van der Waals surface area contributed by atoms with Gasteiger partial charge < -0.3 is 10.1 Å². The van der Waals surface area contributed by atoms with Crippen LogP contribution in [-0.2, 0) is 16.1 Å². The average molecular weight is 419 g/mol. The zero-order valence-corrected chi connectivity index (χ0v) is 17.8. The normalized spacial score (nSPS) is 11.6. The van der Waals surface area contributed by atoms with Crippen LogP contribution < -0.4 is 10.9 Å². The molecule has 0 aliphatic carbocycles. The quantitative estimate of drug-likeness (QED) is 0.594. The highest BCUT2D eigenvalue weighted by molar-refractivity contribution is 6.00. The summed E-state index contributed by atoms with van der Waals surface area (Å²) < 4.78 is 5.96. The zero-order chi connectivity index (χ0) is 22.4. The second-order valence-corrected chi connectivity index (χ2v) is 7.16. The number of hydrogen-bond donors (Lipinski definition) is 1. The van der Waals surface area contributed by atoms with Crippen LogP contribution in [0.2, 0.25) is 0 Å². The van der Waals surface area contributed by atoms with Crippen LogP contribution in [-0.4, -0.2) is 34.8 Å². The van der Waals surface area contributed by atoms with E-state index in [1.54, 1.807) is 12.1 Å². The van der Waals surface area contributed by atoms with Crippen LogP contribution in [0, 0.1) is 0 Å². The van der Waals surface area contributed by atoms with Crippen molar-refractivity contribution in [2.45, 2.75) is 32.9 Å². The maximum atomic E-state index is 13.3. The number of rotatable bonds is 7. The maximum absolute atomic E-state index is 13.3. The summed E-state index contributed by atoms with van der Waals surface area (Å²) in [5, 5.41) is 7.32. The van der Waals surface area contributed by atoms with E-state index >= 15 is 0 Å². The number of nitrogens with zero attached hydrogens (tertiary/aromatic N) is 2. The van der Waals surface area contributed by atoms with Crippen molar-refractivity contribution in [1.29, 1.82) is 0 Å². The Morgan fingerprint density at radius 2 is 1.61 bits per heavy atom. The molecule has 1 heterocycles. The molecule has 1 atom stereocenters. The molecule has 160 valence electrons. The van der Waals surface area contributed by atoms with Crippen LogP contribution in [0.25, 0.3) is 22.4 Å². The first kappa shape index (κ1) is 22.0. The fourth-order valence-electron chi connectivity index (χ4n) is 3.21. The van der Waals surface area contributed by atoms with Crippen molar-refractivity contribution in [3.05, 3.63) is 76.6 Å². The minimum atomic E-state index is -0.778. The number of hydrogen-bond acceptors (Lipinski definition) is 5. The van der Waals surface area contributed by atoms with Crippen molar-refractivity contribution in [2.24, 2.45) is 0 Å². The number of ether oxygens (including phenoxy) is 1. The number of nitrogens with one attached hydrogen (secondary N) is 1. The summed E-state index contributed by atoms with van der Waals surface area (Å²) in [6.45, 7) is 3.52. The number of carbonyl (C=O) groups excluding carboxylic acids is 2. The van der Waals surface area contributed by atoms with E-state index in [2.05, 4.69) is 10.4 Å². The average Bonchev–Trinajstić information content (AvgIpc) is 2.80. The molecule has 7 heteroatoms. The molecule has 1 N–H and O–H groups in total. The van der Waals surface area contributed by atoms with Crippen LogP contribution in [0.1, 0.15) is 30.6 Å². The molecular weight excluding hydrogens is 394 g/mol. The first-order valence-corrected chi connectivity index (χ1v) is 10.1. The van der Waals surface area contributed by atoms with Gasteiger partial charge in [-0.25, -0.2) is 9.48 Å². The fourth-order valence-corrected chi connectivity index (χ4v) is 3.21. The molecule has 0 aliphatic rings. The molecule has 1 aromatic heterocycles. The Morgan fingerprint density at radius 3 is 2.16 bits per heavy atom. The second-order valence-electron chi connectivity index (χ2n) is 7.16. The van der Waals surface area contributed by atoms with Crippen LogP contribution in [0.15, 0.2) is 65.5 Å². The highest BCUT2D eigenvalue weighted by Gasteiger charge is 2.26. The summed E-state index contributed by atoms with van der Waals surface area (Å²) in [5.41, 5.74) is 1.33.